The number of aromatic nitrogens is 2. The molecule has 2 heterocycles. The third-order valence-electron chi connectivity index (χ3n) is 4.86. The molecule has 5 nitrogen and oxygen atoms in total. The van der Waals surface area contributed by atoms with Gasteiger partial charge < -0.3 is 9.32 Å². The first-order valence-electron chi connectivity index (χ1n) is 9.55. The number of thioether (sulfide) groups is 1. The maximum absolute atomic E-state index is 12.9. The molecular weight excluding hydrogens is 370 g/mol. The summed E-state index contributed by atoms with van der Waals surface area (Å²) in [5, 5.41) is 8.73. The number of hydrogen-bond donors (Lipinski definition) is 0. The van der Waals surface area contributed by atoms with Gasteiger partial charge in [0.05, 0.1) is 5.69 Å². The van der Waals surface area contributed by atoms with Crippen molar-refractivity contribution in [2.24, 2.45) is 0 Å². The van der Waals surface area contributed by atoms with E-state index in [1.54, 1.807) is 0 Å². The number of hydrogen-bond acceptors (Lipinski definition) is 5. The van der Waals surface area contributed by atoms with Gasteiger partial charge in [-0.05, 0) is 37.6 Å². The molecule has 6 heteroatoms. The van der Waals surface area contributed by atoms with Crippen molar-refractivity contribution in [3.05, 3.63) is 60.0 Å². The van der Waals surface area contributed by atoms with Gasteiger partial charge >= 0.3 is 0 Å². The second-order valence-electron chi connectivity index (χ2n) is 7.10. The van der Waals surface area contributed by atoms with Crippen LogP contribution in [0.3, 0.4) is 0 Å². The summed E-state index contributed by atoms with van der Waals surface area (Å²) in [6, 6.07) is 16.1. The molecule has 1 aliphatic heterocycles. The third kappa shape index (κ3) is 4.12. The fourth-order valence-electron chi connectivity index (χ4n) is 3.26. The summed E-state index contributed by atoms with van der Waals surface area (Å²) in [6.07, 6.45) is 1.77. The van der Waals surface area contributed by atoms with Crippen LogP contribution in [0.25, 0.3) is 11.5 Å². The van der Waals surface area contributed by atoms with E-state index >= 15 is 0 Å². The SMILES string of the molecule is Cc1ccc(-c2nnc(CCC(=O)N3CCC(C)Sc4ccccc43)o2)cc1. The minimum Gasteiger partial charge on any atom is -0.421 e. The van der Waals surface area contributed by atoms with Crippen molar-refractivity contribution in [3.8, 4) is 11.5 Å². The van der Waals surface area contributed by atoms with Crippen molar-refractivity contribution in [1.82, 2.24) is 10.2 Å². The number of benzene rings is 2. The van der Waals surface area contributed by atoms with Crippen LogP contribution in [-0.4, -0.2) is 27.9 Å². The van der Waals surface area contributed by atoms with E-state index in [0.29, 0.717) is 29.9 Å². The molecule has 1 atom stereocenters. The Labute approximate surface area is 169 Å². The van der Waals surface area contributed by atoms with E-state index < -0.39 is 0 Å². The molecule has 0 saturated heterocycles. The number of nitrogens with zero attached hydrogens (tertiary/aromatic N) is 3. The van der Waals surface area contributed by atoms with Gasteiger partial charge in [0.25, 0.3) is 0 Å². The lowest BCUT2D eigenvalue weighted by molar-refractivity contribution is -0.118. The Balaban J connectivity index is 1.44. The highest BCUT2D eigenvalue weighted by molar-refractivity contribution is 8.00. The zero-order chi connectivity index (χ0) is 19.5. The maximum Gasteiger partial charge on any atom is 0.247 e. The minimum atomic E-state index is 0.0947. The van der Waals surface area contributed by atoms with Gasteiger partial charge in [-0.15, -0.1) is 22.0 Å². The van der Waals surface area contributed by atoms with Gasteiger partial charge in [-0.25, -0.2) is 0 Å². The largest absolute Gasteiger partial charge is 0.421 e. The van der Waals surface area contributed by atoms with Crippen molar-refractivity contribution < 1.29 is 9.21 Å². The Bertz CT molecular complexity index is 968. The molecule has 1 amide bonds. The first-order chi connectivity index (χ1) is 13.6. The fourth-order valence-corrected chi connectivity index (χ4v) is 4.38. The second kappa shape index (κ2) is 8.19. The first kappa shape index (κ1) is 18.7. The molecule has 0 fully saturated rings. The molecule has 2 aromatic carbocycles. The van der Waals surface area contributed by atoms with Crippen molar-refractivity contribution in [3.63, 3.8) is 0 Å². The van der Waals surface area contributed by atoms with Crippen LogP contribution in [0.2, 0.25) is 0 Å². The van der Waals surface area contributed by atoms with Crippen LogP contribution >= 0.6 is 11.8 Å². The average molecular weight is 394 g/mol. The Hall–Kier alpha value is -2.60. The normalized spacial score (nSPS) is 16.5. The summed E-state index contributed by atoms with van der Waals surface area (Å²) in [4.78, 5) is 16.0. The van der Waals surface area contributed by atoms with E-state index in [9.17, 15) is 4.79 Å². The number of amides is 1. The van der Waals surface area contributed by atoms with Crippen LogP contribution in [0.4, 0.5) is 5.69 Å². The predicted molar refractivity (Wildman–Crippen MR) is 112 cm³/mol. The number of anilines is 1. The molecule has 0 radical (unpaired) electrons. The highest BCUT2D eigenvalue weighted by Gasteiger charge is 2.24. The number of fused-ring (bicyclic) bond motifs is 1. The Morgan fingerprint density at radius 2 is 1.96 bits per heavy atom. The van der Waals surface area contributed by atoms with Gasteiger partial charge in [0.2, 0.25) is 17.7 Å². The molecule has 1 unspecified atom stereocenters. The maximum atomic E-state index is 12.9. The molecule has 1 aromatic heterocycles. The van der Waals surface area contributed by atoms with Gasteiger partial charge in [-0.1, -0.05) is 36.8 Å². The number of rotatable bonds is 4. The Morgan fingerprint density at radius 3 is 2.79 bits per heavy atom. The second-order valence-corrected chi connectivity index (χ2v) is 8.58. The van der Waals surface area contributed by atoms with E-state index in [0.717, 1.165) is 24.2 Å². The summed E-state index contributed by atoms with van der Waals surface area (Å²) < 4.78 is 5.76. The van der Waals surface area contributed by atoms with Crippen LogP contribution in [0.5, 0.6) is 0 Å². The summed E-state index contributed by atoms with van der Waals surface area (Å²) in [5.74, 6) is 1.08. The van der Waals surface area contributed by atoms with Gasteiger partial charge in [0.1, 0.15) is 0 Å². The van der Waals surface area contributed by atoms with Crippen molar-refractivity contribution in [2.45, 2.75) is 43.3 Å². The van der Waals surface area contributed by atoms with Crippen LogP contribution in [-0.2, 0) is 11.2 Å². The summed E-state index contributed by atoms with van der Waals surface area (Å²) in [6.45, 7) is 4.98. The molecule has 0 spiro atoms. The lowest BCUT2D eigenvalue weighted by Gasteiger charge is -2.22. The zero-order valence-electron chi connectivity index (χ0n) is 16.1. The van der Waals surface area contributed by atoms with E-state index in [4.69, 9.17) is 4.42 Å². The topological polar surface area (TPSA) is 59.2 Å². The number of para-hydroxylation sites is 1. The molecule has 144 valence electrons. The van der Waals surface area contributed by atoms with Gasteiger partial charge in [0.15, 0.2) is 0 Å². The molecule has 0 saturated carbocycles. The summed E-state index contributed by atoms with van der Waals surface area (Å²) in [5.41, 5.74) is 3.08. The van der Waals surface area contributed by atoms with Gasteiger partial charge in [-0.3, -0.25) is 4.79 Å². The van der Waals surface area contributed by atoms with Crippen LogP contribution in [0, 0.1) is 6.92 Å². The smallest absolute Gasteiger partial charge is 0.247 e. The molecular formula is C22H23N3O2S. The third-order valence-corrected chi connectivity index (χ3v) is 6.10. The van der Waals surface area contributed by atoms with E-state index in [1.807, 2.05) is 66.1 Å². The summed E-state index contributed by atoms with van der Waals surface area (Å²) in [7, 11) is 0. The highest BCUT2D eigenvalue weighted by atomic mass is 32.2. The monoisotopic (exact) mass is 393 g/mol. The first-order valence-corrected chi connectivity index (χ1v) is 10.4. The lowest BCUT2D eigenvalue weighted by atomic mass is 10.1. The average Bonchev–Trinajstić information content (AvgIpc) is 3.10. The van der Waals surface area contributed by atoms with Crippen LogP contribution < -0.4 is 4.90 Å². The number of aryl methyl sites for hydroxylation is 2. The van der Waals surface area contributed by atoms with E-state index in [2.05, 4.69) is 23.2 Å². The van der Waals surface area contributed by atoms with Crippen molar-refractivity contribution in [2.75, 3.05) is 11.4 Å². The zero-order valence-corrected chi connectivity index (χ0v) is 16.9. The minimum absolute atomic E-state index is 0.0947. The Morgan fingerprint density at radius 1 is 1.18 bits per heavy atom. The summed E-state index contributed by atoms with van der Waals surface area (Å²) >= 11 is 1.84. The molecule has 1 aliphatic rings. The van der Waals surface area contributed by atoms with E-state index in [-0.39, 0.29) is 5.91 Å². The van der Waals surface area contributed by atoms with Gasteiger partial charge in [-0.2, -0.15) is 0 Å². The predicted octanol–water partition coefficient (Wildman–Crippen LogP) is 4.90. The van der Waals surface area contributed by atoms with Crippen LogP contribution in [0.1, 0.15) is 31.2 Å². The molecule has 0 aliphatic carbocycles. The number of carbonyl (C=O) groups is 1. The Kier molecular flexibility index (Phi) is 5.48. The fraction of sp³-hybridized carbons (Fsp3) is 0.318. The molecule has 4 rings (SSSR count). The molecule has 0 bridgehead atoms. The standard InChI is InChI=1S/C22H23N3O2S/c1-15-7-9-17(10-8-15)22-24-23-20(27-22)11-12-21(26)25-14-13-16(2)28-19-6-4-3-5-18(19)25/h3-10,16H,11-14H2,1-2H3. The van der Waals surface area contributed by atoms with Crippen molar-refractivity contribution in [1.29, 1.82) is 0 Å². The lowest BCUT2D eigenvalue weighted by Crippen LogP contribution is -2.32. The highest BCUT2D eigenvalue weighted by Crippen LogP contribution is 2.37. The number of carbonyl (C=O) groups excluding carboxylic acids is 1. The molecule has 0 N–H and O–H groups in total. The quantitative estimate of drug-likeness (QED) is 0.631. The molecule has 3 aromatic rings. The molecule has 28 heavy (non-hydrogen) atoms. The van der Waals surface area contributed by atoms with Crippen molar-refractivity contribution >= 4 is 23.4 Å². The van der Waals surface area contributed by atoms with Crippen LogP contribution in [0.15, 0.2) is 57.8 Å². The van der Waals surface area contributed by atoms with E-state index in [1.165, 1.54) is 10.5 Å². The van der Waals surface area contributed by atoms with Gasteiger partial charge in [0, 0.05) is 35.1 Å².